The molecule has 3 aliphatic rings. The molecule has 2 amide bonds. The van der Waals surface area contributed by atoms with E-state index >= 15 is 4.39 Å². The topological polar surface area (TPSA) is 99.7 Å². The van der Waals surface area contributed by atoms with Crippen molar-refractivity contribution >= 4 is 27.5 Å². The van der Waals surface area contributed by atoms with Gasteiger partial charge in [-0.15, -0.1) is 0 Å². The van der Waals surface area contributed by atoms with Crippen molar-refractivity contribution in [1.82, 2.24) is 14.7 Å². The fourth-order valence-electron chi connectivity index (χ4n) is 5.19. The Labute approximate surface area is 234 Å². The molecule has 0 bridgehead atoms. The molecule has 216 valence electrons. The maximum Gasteiger partial charge on any atom is 0.337 e. The summed E-state index contributed by atoms with van der Waals surface area (Å²) in [7, 11) is -1.95. The van der Waals surface area contributed by atoms with Gasteiger partial charge in [-0.3, -0.25) is 14.7 Å². The van der Waals surface area contributed by atoms with Gasteiger partial charge in [-0.25, -0.2) is 22.4 Å². The Hall–Kier alpha value is -3.06. The number of nitrogens with zero attached hydrogens (tertiary/aromatic N) is 4. The van der Waals surface area contributed by atoms with Crippen LogP contribution in [0.5, 0.6) is 0 Å². The Balaban J connectivity index is 1.30. The average Bonchev–Trinajstić information content (AvgIpc) is 2.92. The van der Waals surface area contributed by atoms with Crippen molar-refractivity contribution in [3.8, 4) is 0 Å². The zero-order valence-electron chi connectivity index (χ0n) is 22.6. The molecule has 0 radical (unpaired) electrons. The molecule has 10 nitrogen and oxygen atoms in total. The maximum absolute atomic E-state index is 15.0. The van der Waals surface area contributed by atoms with E-state index in [1.165, 1.54) is 29.0 Å². The van der Waals surface area contributed by atoms with Gasteiger partial charge in [0.15, 0.2) is 9.84 Å². The van der Waals surface area contributed by atoms with E-state index in [4.69, 9.17) is 4.74 Å². The van der Waals surface area contributed by atoms with E-state index in [0.29, 0.717) is 11.7 Å². The third-order valence-corrected chi connectivity index (χ3v) is 9.46. The molecule has 40 heavy (non-hydrogen) atoms. The number of carbonyl (C=O) groups is 2. The molecule has 3 fully saturated rings. The number of hydrogen-bond acceptors (Lipinski definition) is 8. The van der Waals surface area contributed by atoms with Gasteiger partial charge in [0.2, 0.25) is 0 Å². The van der Waals surface area contributed by atoms with Crippen molar-refractivity contribution in [3.05, 3.63) is 65.0 Å². The van der Waals surface area contributed by atoms with Crippen LogP contribution in [-0.2, 0) is 32.4 Å². The van der Waals surface area contributed by atoms with Crippen molar-refractivity contribution in [2.45, 2.75) is 19.1 Å². The van der Waals surface area contributed by atoms with Crippen molar-refractivity contribution in [3.63, 3.8) is 0 Å². The molecule has 0 aliphatic carbocycles. The van der Waals surface area contributed by atoms with Gasteiger partial charge in [-0.05, 0) is 29.8 Å². The van der Waals surface area contributed by atoms with Crippen LogP contribution in [0, 0.1) is 5.82 Å². The third-order valence-electron chi connectivity index (χ3n) is 7.85. The number of carbonyl (C=O) groups excluding carboxylic acids is 2. The molecule has 0 N–H and O–H groups in total. The zero-order valence-corrected chi connectivity index (χ0v) is 23.4. The Morgan fingerprint density at radius 1 is 1.00 bits per heavy atom. The van der Waals surface area contributed by atoms with Gasteiger partial charge in [0.1, 0.15) is 5.82 Å². The minimum absolute atomic E-state index is 0.0778. The van der Waals surface area contributed by atoms with Gasteiger partial charge in [0.05, 0.1) is 50.0 Å². The van der Waals surface area contributed by atoms with Crippen LogP contribution in [0.25, 0.3) is 0 Å². The summed E-state index contributed by atoms with van der Waals surface area (Å²) in [5, 5.41) is 0. The van der Waals surface area contributed by atoms with Crippen LogP contribution in [0.1, 0.15) is 21.5 Å². The molecule has 0 spiro atoms. The number of methoxy groups -OCH3 is 1. The zero-order chi connectivity index (χ0) is 28.3. The molecule has 0 atom stereocenters. The minimum Gasteiger partial charge on any atom is -0.465 e. The molecule has 3 aliphatic heterocycles. The first-order valence-corrected chi connectivity index (χ1v) is 15.3. The van der Waals surface area contributed by atoms with Gasteiger partial charge in [-0.1, -0.05) is 18.2 Å². The summed E-state index contributed by atoms with van der Waals surface area (Å²) < 4.78 is 48.8. The second-order valence-corrected chi connectivity index (χ2v) is 12.8. The summed E-state index contributed by atoms with van der Waals surface area (Å²) in [5.74, 6) is -1.49. The van der Waals surface area contributed by atoms with Crippen LogP contribution in [0.3, 0.4) is 0 Å². The van der Waals surface area contributed by atoms with Gasteiger partial charge < -0.3 is 14.4 Å². The van der Waals surface area contributed by atoms with Crippen molar-refractivity contribution in [1.29, 1.82) is 0 Å². The summed E-state index contributed by atoms with van der Waals surface area (Å²) in [5.41, 5.74) is 1.99. The predicted molar refractivity (Wildman–Crippen MR) is 147 cm³/mol. The van der Waals surface area contributed by atoms with Crippen LogP contribution in [0.15, 0.2) is 42.5 Å². The largest absolute Gasteiger partial charge is 0.465 e. The number of benzene rings is 2. The van der Waals surface area contributed by atoms with Crippen LogP contribution in [-0.4, -0.2) is 112 Å². The highest BCUT2D eigenvalue weighted by Crippen LogP contribution is 2.24. The summed E-state index contributed by atoms with van der Waals surface area (Å²) in [6, 6.07) is 11.8. The fourth-order valence-corrected chi connectivity index (χ4v) is 6.40. The second-order valence-electron chi connectivity index (χ2n) is 10.5. The first kappa shape index (κ1) is 28.5. The Morgan fingerprint density at radius 3 is 2.25 bits per heavy atom. The van der Waals surface area contributed by atoms with Gasteiger partial charge in [-0.2, -0.15) is 0 Å². The van der Waals surface area contributed by atoms with Crippen LogP contribution in [0.2, 0.25) is 0 Å². The summed E-state index contributed by atoms with van der Waals surface area (Å²) in [4.78, 5) is 33.2. The van der Waals surface area contributed by atoms with Crippen LogP contribution >= 0.6 is 0 Å². The molecule has 2 aromatic rings. The first-order valence-electron chi connectivity index (χ1n) is 13.5. The van der Waals surface area contributed by atoms with Crippen molar-refractivity contribution < 1.29 is 31.9 Å². The van der Waals surface area contributed by atoms with Gasteiger partial charge in [0, 0.05) is 57.1 Å². The fraction of sp³-hybridized carbons (Fsp3) is 0.500. The molecule has 5 rings (SSSR count). The summed E-state index contributed by atoms with van der Waals surface area (Å²) in [6.07, 6.45) is 0. The standard InChI is InChI=1S/C28H35FN4O6S/c1-38-27(34)22-4-5-23(26(29)16-22)18-33(28(35)32-12-14-40(36,37)15-13-32)24-6-2-21(3-7-24)17-30-8-10-31(11-9-30)25-19-39-20-25/h2-7,16,25H,8-15,17-20H2,1H3. The van der Waals surface area contributed by atoms with E-state index < -0.39 is 27.7 Å². The van der Waals surface area contributed by atoms with E-state index in [9.17, 15) is 18.0 Å². The molecular weight excluding hydrogens is 539 g/mol. The third kappa shape index (κ3) is 6.63. The molecule has 3 heterocycles. The van der Waals surface area contributed by atoms with Crippen molar-refractivity contribution in [2.75, 3.05) is 76.0 Å². The van der Waals surface area contributed by atoms with E-state index in [2.05, 4.69) is 14.5 Å². The quantitative estimate of drug-likeness (QED) is 0.463. The van der Waals surface area contributed by atoms with Crippen LogP contribution in [0.4, 0.5) is 14.9 Å². The molecule has 12 heteroatoms. The molecule has 0 aromatic heterocycles. The van der Waals surface area contributed by atoms with Crippen molar-refractivity contribution in [2.24, 2.45) is 0 Å². The SMILES string of the molecule is COC(=O)c1ccc(CN(C(=O)N2CCS(=O)(=O)CC2)c2ccc(CN3CCN(C4COC4)CC3)cc2)c(F)c1. The van der Waals surface area contributed by atoms with E-state index in [1.54, 1.807) is 0 Å². The number of sulfone groups is 1. The summed E-state index contributed by atoms with van der Waals surface area (Å²) in [6.45, 7) is 6.49. The normalized spacial score (nSPS) is 20.1. The number of esters is 1. The lowest BCUT2D eigenvalue weighted by Gasteiger charge is -2.42. The number of rotatable bonds is 7. The molecule has 2 aromatic carbocycles. The Kier molecular flexibility index (Phi) is 8.69. The van der Waals surface area contributed by atoms with Crippen LogP contribution < -0.4 is 4.90 Å². The predicted octanol–water partition coefficient (Wildman–Crippen LogP) is 1.99. The Bertz CT molecular complexity index is 1310. The minimum atomic E-state index is -3.18. The molecule has 0 saturated carbocycles. The van der Waals surface area contributed by atoms with Gasteiger partial charge >= 0.3 is 12.0 Å². The highest BCUT2D eigenvalue weighted by atomic mass is 32.2. The Morgan fingerprint density at radius 2 is 1.68 bits per heavy atom. The smallest absolute Gasteiger partial charge is 0.337 e. The number of ether oxygens (including phenoxy) is 2. The lowest BCUT2D eigenvalue weighted by molar-refractivity contribution is -0.0774. The maximum atomic E-state index is 15.0. The number of halogens is 1. The highest BCUT2D eigenvalue weighted by molar-refractivity contribution is 7.91. The number of anilines is 1. The number of amides is 2. The lowest BCUT2D eigenvalue weighted by atomic mass is 10.1. The lowest BCUT2D eigenvalue weighted by Crippen LogP contribution is -2.56. The molecule has 3 saturated heterocycles. The number of urea groups is 1. The highest BCUT2D eigenvalue weighted by Gasteiger charge is 2.31. The van der Waals surface area contributed by atoms with E-state index in [0.717, 1.165) is 57.6 Å². The number of piperazine rings is 1. The van der Waals surface area contributed by atoms with E-state index in [1.807, 2.05) is 24.3 Å². The first-order chi connectivity index (χ1) is 19.2. The average molecular weight is 575 g/mol. The summed E-state index contributed by atoms with van der Waals surface area (Å²) >= 11 is 0. The van der Waals surface area contributed by atoms with E-state index in [-0.39, 0.29) is 42.3 Å². The molecular formula is C28H35FN4O6S. The molecule has 0 unspecified atom stereocenters. The van der Waals surface area contributed by atoms with Gasteiger partial charge in [0.25, 0.3) is 0 Å². The number of hydrogen-bond donors (Lipinski definition) is 0. The monoisotopic (exact) mass is 574 g/mol. The second kappa shape index (κ2) is 12.2.